The van der Waals surface area contributed by atoms with Gasteiger partial charge in [-0.2, -0.15) is 11.8 Å². The summed E-state index contributed by atoms with van der Waals surface area (Å²) in [6, 6.07) is 5.68. The van der Waals surface area contributed by atoms with Gasteiger partial charge in [-0.15, -0.1) is 0 Å². The standard InChI is InChI=1S/C20H28FN3O3S/c1-28-7-6-19(26)23-17-8-13-11-24(12-14(13)9-18(17)25)20(27)10-22-16-4-2-15(21)3-5-16/h2-5,13-14,17-18,22,25H,6-12H2,1H3,(H,23,26)/t13-,14+,17-,18-/m0/s1. The Balaban J connectivity index is 1.48. The molecule has 8 heteroatoms. The number of fused-ring (bicyclic) bond motifs is 1. The van der Waals surface area contributed by atoms with Gasteiger partial charge in [-0.25, -0.2) is 4.39 Å². The van der Waals surface area contributed by atoms with E-state index in [4.69, 9.17) is 0 Å². The number of aliphatic hydroxyl groups is 1. The summed E-state index contributed by atoms with van der Waals surface area (Å²) in [4.78, 5) is 26.4. The summed E-state index contributed by atoms with van der Waals surface area (Å²) >= 11 is 1.62. The Labute approximate surface area is 169 Å². The fraction of sp³-hybridized carbons (Fsp3) is 0.600. The Kier molecular flexibility index (Phi) is 7.18. The van der Waals surface area contributed by atoms with Crippen LogP contribution >= 0.6 is 11.8 Å². The average Bonchev–Trinajstić information content (AvgIpc) is 3.08. The number of amides is 2. The number of likely N-dealkylation sites (tertiary alicyclic amines) is 1. The van der Waals surface area contributed by atoms with E-state index in [9.17, 15) is 19.1 Å². The summed E-state index contributed by atoms with van der Waals surface area (Å²) in [6.45, 7) is 1.44. The van der Waals surface area contributed by atoms with Gasteiger partial charge in [0.1, 0.15) is 5.82 Å². The zero-order chi connectivity index (χ0) is 20.1. The Bertz CT molecular complexity index is 688. The van der Waals surface area contributed by atoms with Crippen LogP contribution in [0, 0.1) is 17.7 Å². The molecule has 0 aromatic heterocycles. The number of thioether (sulfide) groups is 1. The van der Waals surface area contributed by atoms with Crippen molar-refractivity contribution in [3.05, 3.63) is 30.1 Å². The molecule has 0 radical (unpaired) electrons. The molecule has 2 aliphatic rings. The number of carbonyl (C=O) groups is 2. The monoisotopic (exact) mass is 409 g/mol. The molecule has 2 amide bonds. The van der Waals surface area contributed by atoms with Gasteiger partial charge in [0.15, 0.2) is 0 Å². The first-order chi connectivity index (χ1) is 13.5. The minimum Gasteiger partial charge on any atom is -0.391 e. The number of benzene rings is 1. The lowest BCUT2D eigenvalue weighted by Crippen LogP contribution is -2.49. The second-order valence-electron chi connectivity index (χ2n) is 7.63. The number of aliphatic hydroxyl groups excluding tert-OH is 1. The van der Waals surface area contributed by atoms with E-state index >= 15 is 0 Å². The van der Waals surface area contributed by atoms with Gasteiger partial charge in [-0.1, -0.05) is 0 Å². The smallest absolute Gasteiger partial charge is 0.241 e. The molecule has 1 aromatic carbocycles. The molecule has 1 aliphatic heterocycles. The highest BCUT2D eigenvalue weighted by Gasteiger charge is 2.43. The maximum absolute atomic E-state index is 13.0. The van der Waals surface area contributed by atoms with Crippen LogP contribution in [0.25, 0.3) is 0 Å². The number of nitrogens with one attached hydrogen (secondary N) is 2. The fourth-order valence-corrected chi connectivity index (χ4v) is 4.51. The van der Waals surface area contributed by atoms with E-state index in [1.807, 2.05) is 11.2 Å². The van der Waals surface area contributed by atoms with Crippen LogP contribution in [0.5, 0.6) is 0 Å². The van der Waals surface area contributed by atoms with E-state index in [1.165, 1.54) is 12.1 Å². The van der Waals surface area contributed by atoms with Gasteiger partial charge < -0.3 is 20.6 Å². The summed E-state index contributed by atoms with van der Waals surface area (Å²) in [6.07, 6.45) is 3.16. The van der Waals surface area contributed by atoms with E-state index in [-0.39, 0.29) is 36.1 Å². The lowest BCUT2D eigenvalue weighted by atomic mass is 9.77. The van der Waals surface area contributed by atoms with Crippen LogP contribution < -0.4 is 10.6 Å². The molecule has 1 saturated carbocycles. The average molecular weight is 410 g/mol. The predicted octanol–water partition coefficient (Wildman–Crippen LogP) is 1.70. The first-order valence-corrected chi connectivity index (χ1v) is 11.1. The fourth-order valence-electron chi connectivity index (χ4n) is 4.12. The third-order valence-electron chi connectivity index (χ3n) is 5.66. The molecule has 6 nitrogen and oxygen atoms in total. The Morgan fingerprint density at radius 3 is 2.57 bits per heavy atom. The molecule has 0 spiro atoms. The molecule has 4 atom stereocenters. The molecule has 1 saturated heterocycles. The third kappa shape index (κ3) is 5.38. The van der Waals surface area contributed by atoms with Crippen LogP contribution in [-0.2, 0) is 9.59 Å². The molecule has 2 fully saturated rings. The van der Waals surface area contributed by atoms with Crippen LogP contribution in [0.2, 0.25) is 0 Å². The number of carbonyl (C=O) groups excluding carboxylic acids is 2. The van der Waals surface area contributed by atoms with Gasteiger partial charge in [0.25, 0.3) is 0 Å². The van der Waals surface area contributed by atoms with Crippen molar-refractivity contribution in [1.82, 2.24) is 10.2 Å². The van der Waals surface area contributed by atoms with Gasteiger partial charge in [-0.3, -0.25) is 9.59 Å². The highest BCUT2D eigenvalue weighted by atomic mass is 32.2. The summed E-state index contributed by atoms with van der Waals surface area (Å²) < 4.78 is 13.0. The molecule has 0 unspecified atom stereocenters. The molecule has 28 heavy (non-hydrogen) atoms. The van der Waals surface area contributed by atoms with E-state index in [2.05, 4.69) is 10.6 Å². The summed E-state index contributed by atoms with van der Waals surface area (Å²) in [5.74, 6) is 0.992. The number of nitrogens with zero attached hydrogens (tertiary/aromatic N) is 1. The maximum Gasteiger partial charge on any atom is 0.241 e. The van der Waals surface area contributed by atoms with E-state index in [1.54, 1.807) is 23.9 Å². The van der Waals surface area contributed by atoms with Crippen molar-refractivity contribution in [2.24, 2.45) is 11.8 Å². The number of rotatable bonds is 7. The zero-order valence-corrected chi connectivity index (χ0v) is 16.9. The minimum absolute atomic E-state index is 0.00577. The van der Waals surface area contributed by atoms with Gasteiger partial charge in [0.2, 0.25) is 11.8 Å². The van der Waals surface area contributed by atoms with Crippen molar-refractivity contribution in [1.29, 1.82) is 0 Å². The van der Waals surface area contributed by atoms with Crippen LogP contribution in [0.3, 0.4) is 0 Å². The van der Waals surface area contributed by atoms with Crippen LogP contribution in [0.15, 0.2) is 24.3 Å². The van der Waals surface area contributed by atoms with Gasteiger partial charge >= 0.3 is 0 Å². The normalized spacial score (nSPS) is 26.6. The topological polar surface area (TPSA) is 81.7 Å². The van der Waals surface area contributed by atoms with E-state index in [0.29, 0.717) is 44.0 Å². The Hall–Kier alpha value is -1.80. The molecule has 154 valence electrons. The van der Waals surface area contributed by atoms with Crippen LogP contribution in [-0.4, -0.2) is 65.6 Å². The Morgan fingerprint density at radius 2 is 1.89 bits per heavy atom. The molecule has 1 aromatic rings. The summed E-state index contributed by atoms with van der Waals surface area (Å²) in [7, 11) is 0. The number of anilines is 1. The van der Waals surface area contributed by atoms with Crippen molar-refractivity contribution in [2.75, 3.05) is 37.0 Å². The number of hydrogen-bond donors (Lipinski definition) is 3. The third-order valence-corrected chi connectivity index (χ3v) is 6.27. The lowest BCUT2D eigenvalue weighted by molar-refractivity contribution is -0.128. The SMILES string of the molecule is CSCCC(=O)N[C@H]1C[C@H]2CN(C(=O)CNc3ccc(F)cc3)C[C@H]2C[C@@H]1O. The molecule has 0 bridgehead atoms. The Morgan fingerprint density at radius 1 is 1.21 bits per heavy atom. The minimum atomic E-state index is -0.563. The predicted molar refractivity (Wildman–Crippen MR) is 109 cm³/mol. The van der Waals surface area contributed by atoms with Crippen LogP contribution in [0.4, 0.5) is 10.1 Å². The quantitative estimate of drug-likeness (QED) is 0.639. The molecule has 1 heterocycles. The van der Waals surface area contributed by atoms with Crippen molar-refractivity contribution in [3.8, 4) is 0 Å². The number of halogens is 1. The number of hydrogen-bond acceptors (Lipinski definition) is 5. The zero-order valence-electron chi connectivity index (χ0n) is 16.1. The van der Waals surface area contributed by atoms with Gasteiger partial charge in [0.05, 0.1) is 18.7 Å². The molecular formula is C20H28FN3O3S. The highest BCUT2D eigenvalue weighted by Crippen LogP contribution is 2.36. The second kappa shape index (κ2) is 9.60. The first-order valence-electron chi connectivity index (χ1n) is 9.70. The van der Waals surface area contributed by atoms with Gasteiger partial charge in [0, 0.05) is 31.0 Å². The lowest BCUT2D eigenvalue weighted by Gasteiger charge is -2.35. The van der Waals surface area contributed by atoms with Crippen LogP contribution in [0.1, 0.15) is 19.3 Å². The largest absolute Gasteiger partial charge is 0.391 e. The summed E-state index contributed by atoms with van der Waals surface area (Å²) in [5, 5.41) is 16.4. The molecule has 1 aliphatic carbocycles. The van der Waals surface area contributed by atoms with E-state index < -0.39 is 6.10 Å². The second-order valence-corrected chi connectivity index (χ2v) is 8.62. The van der Waals surface area contributed by atoms with Gasteiger partial charge in [-0.05, 0) is 55.2 Å². The molecule has 3 rings (SSSR count). The van der Waals surface area contributed by atoms with Crippen molar-refractivity contribution >= 4 is 29.3 Å². The summed E-state index contributed by atoms with van der Waals surface area (Å²) in [5.41, 5.74) is 0.704. The van der Waals surface area contributed by atoms with Crippen molar-refractivity contribution in [2.45, 2.75) is 31.4 Å². The van der Waals surface area contributed by atoms with E-state index in [0.717, 1.165) is 5.75 Å². The maximum atomic E-state index is 13.0. The first kappa shape index (κ1) is 20.9. The molecular weight excluding hydrogens is 381 g/mol. The van der Waals surface area contributed by atoms with Crippen molar-refractivity contribution < 1.29 is 19.1 Å². The molecule has 3 N–H and O–H groups in total. The van der Waals surface area contributed by atoms with Crippen molar-refractivity contribution in [3.63, 3.8) is 0 Å². The highest BCUT2D eigenvalue weighted by molar-refractivity contribution is 7.98.